The first-order chi connectivity index (χ1) is 17.5. The quantitative estimate of drug-likeness (QED) is 0.257. The minimum absolute atomic E-state index is 0.156. The van der Waals surface area contributed by atoms with E-state index >= 15 is 0 Å². The van der Waals surface area contributed by atoms with Crippen molar-refractivity contribution in [3.63, 3.8) is 0 Å². The molecule has 180 valence electrons. The summed E-state index contributed by atoms with van der Waals surface area (Å²) in [6, 6.07) is 27.2. The molecule has 0 saturated carbocycles. The summed E-state index contributed by atoms with van der Waals surface area (Å²) in [6.07, 6.45) is 0. The maximum Gasteiger partial charge on any atom is 0.264 e. The first-order valence-electron chi connectivity index (χ1n) is 11.7. The van der Waals surface area contributed by atoms with Gasteiger partial charge in [-0.2, -0.15) is 0 Å². The summed E-state index contributed by atoms with van der Waals surface area (Å²) in [4.78, 5) is 17.1. The van der Waals surface area contributed by atoms with Crippen LogP contribution in [-0.4, -0.2) is 22.6 Å². The number of fused-ring (bicyclic) bond motifs is 2. The first-order valence-corrected chi connectivity index (χ1v) is 12.1. The van der Waals surface area contributed by atoms with Gasteiger partial charge in [0.15, 0.2) is 17.3 Å². The van der Waals surface area contributed by atoms with Crippen LogP contribution in [0, 0.1) is 0 Å². The SMILES string of the molecule is CC(C)c1ccc2oc(-c3cccc(NC(=S)NC(=O)COc4cccc5ccccc45)c3)nc2c1. The van der Waals surface area contributed by atoms with Crippen molar-refractivity contribution < 1.29 is 13.9 Å². The lowest BCUT2D eigenvalue weighted by Gasteiger charge is -2.12. The second-order valence-electron chi connectivity index (χ2n) is 8.75. The van der Waals surface area contributed by atoms with Gasteiger partial charge in [-0.05, 0) is 65.5 Å². The van der Waals surface area contributed by atoms with E-state index in [0.29, 0.717) is 23.2 Å². The fraction of sp³-hybridized carbons (Fsp3) is 0.138. The van der Waals surface area contributed by atoms with E-state index < -0.39 is 0 Å². The molecule has 4 aromatic carbocycles. The molecule has 0 aliphatic carbocycles. The van der Waals surface area contributed by atoms with E-state index in [0.717, 1.165) is 27.4 Å². The van der Waals surface area contributed by atoms with E-state index in [9.17, 15) is 4.79 Å². The molecule has 5 rings (SSSR count). The molecule has 7 heteroatoms. The van der Waals surface area contributed by atoms with Crippen LogP contribution >= 0.6 is 12.2 Å². The third-order valence-electron chi connectivity index (χ3n) is 5.81. The molecule has 2 N–H and O–H groups in total. The van der Waals surface area contributed by atoms with Gasteiger partial charge in [0.25, 0.3) is 5.91 Å². The molecular formula is C29H25N3O3S. The molecule has 6 nitrogen and oxygen atoms in total. The van der Waals surface area contributed by atoms with Crippen molar-refractivity contribution >= 4 is 50.8 Å². The van der Waals surface area contributed by atoms with Crippen LogP contribution in [0.4, 0.5) is 5.69 Å². The van der Waals surface area contributed by atoms with Crippen LogP contribution in [0.2, 0.25) is 0 Å². The zero-order chi connectivity index (χ0) is 25.1. The fourth-order valence-electron chi connectivity index (χ4n) is 3.95. The monoisotopic (exact) mass is 495 g/mol. The van der Waals surface area contributed by atoms with Crippen molar-refractivity contribution in [3.8, 4) is 17.2 Å². The molecule has 0 saturated heterocycles. The number of hydrogen-bond acceptors (Lipinski definition) is 5. The molecule has 0 spiro atoms. The van der Waals surface area contributed by atoms with Crippen molar-refractivity contribution in [1.82, 2.24) is 10.3 Å². The number of carbonyl (C=O) groups is 1. The number of aromatic nitrogens is 1. The Bertz CT molecular complexity index is 1570. The van der Waals surface area contributed by atoms with Crippen LogP contribution in [0.15, 0.2) is 89.3 Å². The number of benzene rings is 4. The normalized spacial score (nSPS) is 11.1. The highest BCUT2D eigenvalue weighted by Gasteiger charge is 2.12. The van der Waals surface area contributed by atoms with E-state index in [1.807, 2.05) is 72.8 Å². The Morgan fingerprint density at radius 1 is 1.00 bits per heavy atom. The van der Waals surface area contributed by atoms with Crippen molar-refractivity contribution in [3.05, 3.63) is 90.5 Å². The van der Waals surface area contributed by atoms with Gasteiger partial charge in [-0.15, -0.1) is 0 Å². The number of nitrogens with zero attached hydrogens (tertiary/aromatic N) is 1. The summed E-state index contributed by atoms with van der Waals surface area (Å²) in [7, 11) is 0. The van der Waals surface area contributed by atoms with Crippen LogP contribution in [0.1, 0.15) is 25.3 Å². The van der Waals surface area contributed by atoms with E-state index in [1.54, 1.807) is 0 Å². The number of amides is 1. The highest BCUT2D eigenvalue weighted by atomic mass is 32.1. The molecule has 0 atom stereocenters. The van der Waals surface area contributed by atoms with E-state index in [2.05, 4.69) is 41.6 Å². The van der Waals surface area contributed by atoms with Crippen molar-refractivity contribution in [1.29, 1.82) is 0 Å². The number of rotatable bonds is 6. The number of hydrogen-bond donors (Lipinski definition) is 2. The summed E-state index contributed by atoms with van der Waals surface area (Å²) in [6.45, 7) is 4.14. The van der Waals surface area contributed by atoms with Gasteiger partial charge >= 0.3 is 0 Å². The maximum atomic E-state index is 12.4. The standard InChI is InChI=1S/C29H25N3O3S/c1-18(2)20-13-14-26-24(16-20)31-28(35-26)21-9-5-10-22(15-21)30-29(36)32-27(33)17-34-25-12-6-8-19-7-3-4-11-23(19)25/h3-16,18H,17H2,1-2H3,(H2,30,32,33,36). The summed E-state index contributed by atoms with van der Waals surface area (Å²) >= 11 is 5.33. The Kier molecular flexibility index (Phi) is 6.64. The molecule has 0 bridgehead atoms. The number of ether oxygens (including phenoxy) is 1. The smallest absolute Gasteiger partial charge is 0.264 e. The van der Waals surface area contributed by atoms with Crippen LogP contribution in [-0.2, 0) is 4.79 Å². The molecule has 0 unspecified atom stereocenters. The Hall–Kier alpha value is -4.23. The van der Waals surface area contributed by atoms with Gasteiger partial charge < -0.3 is 14.5 Å². The number of oxazole rings is 1. The molecule has 0 aliphatic rings. The van der Waals surface area contributed by atoms with E-state index in [4.69, 9.17) is 21.4 Å². The number of nitrogens with one attached hydrogen (secondary N) is 2. The number of thiocarbonyl (C=S) groups is 1. The molecule has 36 heavy (non-hydrogen) atoms. The van der Waals surface area contributed by atoms with Crippen molar-refractivity contribution in [2.24, 2.45) is 0 Å². The van der Waals surface area contributed by atoms with Crippen LogP contribution in [0.3, 0.4) is 0 Å². The lowest BCUT2D eigenvalue weighted by molar-refractivity contribution is -0.121. The average molecular weight is 496 g/mol. The van der Waals surface area contributed by atoms with Crippen LogP contribution < -0.4 is 15.4 Å². The van der Waals surface area contributed by atoms with Gasteiger partial charge in [-0.3, -0.25) is 10.1 Å². The van der Waals surface area contributed by atoms with E-state index in [1.165, 1.54) is 5.56 Å². The van der Waals surface area contributed by atoms with Gasteiger partial charge in [0, 0.05) is 16.6 Å². The largest absolute Gasteiger partial charge is 0.483 e. The van der Waals surface area contributed by atoms with Gasteiger partial charge in [-0.1, -0.05) is 62.4 Å². The highest BCUT2D eigenvalue weighted by molar-refractivity contribution is 7.80. The molecule has 0 aliphatic heterocycles. The minimum Gasteiger partial charge on any atom is -0.483 e. The van der Waals surface area contributed by atoms with Crippen LogP contribution in [0.25, 0.3) is 33.3 Å². The zero-order valence-corrected chi connectivity index (χ0v) is 20.8. The summed E-state index contributed by atoms with van der Waals surface area (Å²) in [5, 5.41) is 7.88. The van der Waals surface area contributed by atoms with E-state index in [-0.39, 0.29) is 17.6 Å². The summed E-state index contributed by atoms with van der Waals surface area (Å²) in [5.41, 5.74) is 4.28. The van der Waals surface area contributed by atoms with Crippen molar-refractivity contribution in [2.45, 2.75) is 19.8 Å². The predicted octanol–water partition coefficient (Wildman–Crippen LogP) is 6.66. The first kappa shape index (κ1) is 23.5. The number of carbonyl (C=O) groups excluding carboxylic acids is 1. The van der Waals surface area contributed by atoms with Crippen LogP contribution in [0.5, 0.6) is 5.75 Å². The zero-order valence-electron chi connectivity index (χ0n) is 19.9. The molecule has 1 aromatic heterocycles. The van der Waals surface area contributed by atoms with Gasteiger partial charge in [-0.25, -0.2) is 4.98 Å². The topological polar surface area (TPSA) is 76.4 Å². The highest BCUT2D eigenvalue weighted by Crippen LogP contribution is 2.28. The summed E-state index contributed by atoms with van der Waals surface area (Å²) < 4.78 is 11.7. The third-order valence-corrected chi connectivity index (χ3v) is 6.01. The molecule has 5 aromatic rings. The Morgan fingerprint density at radius 3 is 2.67 bits per heavy atom. The molecular weight excluding hydrogens is 470 g/mol. The lowest BCUT2D eigenvalue weighted by Crippen LogP contribution is -2.37. The Labute approximate surface area is 214 Å². The second kappa shape index (κ2) is 10.2. The van der Waals surface area contributed by atoms with Gasteiger partial charge in [0.05, 0.1) is 0 Å². The molecule has 0 fully saturated rings. The molecule has 1 heterocycles. The summed E-state index contributed by atoms with van der Waals surface area (Å²) in [5.74, 6) is 1.23. The Morgan fingerprint density at radius 2 is 1.81 bits per heavy atom. The van der Waals surface area contributed by atoms with Gasteiger partial charge in [0.1, 0.15) is 11.3 Å². The predicted molar refractivity (Wildman–Crippen MR) is 147 cm³/mol. The van der Waals surface area contributed by atoms with Crippen molar-refractivity contribution in [2.75, 3.05) is 11.9 Å². The average Bonchev–Trinajstić information content (AvgIpc) is 3.31. The maximum absolute atomic E-state index is 12.4. The Balaban J connectivity index is 1.22. The minimum atomic E-state index is -0.350. The number of anilines is 1. The molecule has 0 radical (unpaired) electrons. The molecule has 1 amide bonds. The third kappa shape index (κ3) is 5.21. The second-order valence-corrected chi connectivity index (χ2v) is 9.16. The fourth-order valence-corrected chi connectivity index (χ4v) is 4.18. The lowest BCUT2D eigenvalue weighted by atomic mass is 10.0. The van der Waals surface area contributed by atoms with Gasteiger partial charge in [0.2, 0.25) is 5.89 Å².